The van der Waals surface area contributed by atoms with Crippen LogP contribution in [0.1, 0.15) is 109 Å². The summed E-state index contributed by atoms with van der Waals surface area (Å²) in [6, 6.07) is -0.950. The van der Waals surface area contributed by atoms with Gasteiger partial charge in [-0.1, -0.05) is 12.2 Å². The number of nitrogens with zero attached hydrogens (tertiary/aromatic N) is 2. The predicted octanol–water partition coefficient (Wildman–Crippen LogP) is 5.92. The summed E-state index contributed by atoms with van der Waals surface area (Å²) in [6.45, 7) is 20.7. The number of imide groups is 2. The highest BCUT2D eigenvalue weighted by Gasteiger charge is 2.40. The molecular weight excluding hydrogens is 548 g/mol. The van der Waals surface area contributed by atoms with Crippen LogP contribution >= 0.6 is 0 Å². The molecule has 0 aromatic heterocycles. The van der Waals surface area contributed by atoms with Crippen molar-refractivity contribution in [3.05, 3.63) is 12.2 Å². The lowest BCUT2D eigenvalue weighted by molar-refractivity contribution is -0.00896. The Labute approximate surface area is 250 Å². The fraction of sp³-hybridized carbons (Fsp3) is 0.800. The van der Waals surface area contributed by atoms with Gasteiger partial charge in [-0.25, -0.2) is 29.0 Å². The number of amides is 4. The first-order valence-corrected chi connectivity index (χ1v) is 14.3. The smallest absolute Gasteiger partial charge is 0.420 e. The summed E-state index contributed by atoms with van der Waals surface area (Å²) in [7, 11) is 0. The van der Waals surface area contributed by atoms with E-state index >= 15 is 0 Å². The molecule has 2 rings (SSSR count). The highest BCUT2D eigenvalue weighted by Crippen LogP contribution is 2.28. The molecule has 4 atom stereocenters. The Kier molecular flexibility index (Phi) is 12.5. The number of aliphatic hydroxyl groups is 2. The average Bonchev–Trinajstić information content (AvgIpc) is 3.31. The minimum atomic E-state index is -0.777. The topological polar surface area (TPSA) is 152 Å². The molecule has 0 unspecified atom stereocenters. The first-order chi connectivity index (χ1) is 18.8. The van der Waals surface area contributed by atoms with Crippen molar-refractivity contribution in [2.45, 2.75) is 155 Å². The van der Waals surface area contributed by atoms with Crippen LogP contribution in [0, 0.1) is 0 Å². The van der Waals surface area contributed by atoms with E-state index in [4.69, 9.17) is 18.9 Å². The molecule has 4 amide bonds. The standard InChI is InChI=1S/C15H27NO5.C15H25NO5/c2*1-14(2,3)20-12(18)16(10-7-8-11(17)9-10)13(19)21-15(4,5)6/h10-11,17H,7-9H2,1-6H3;7-8,10-11,17H,9H2,1-6H3/t2*10-,11+/m00/s1. The van der Waals surface area contributed by atoms with Crippen LogP contribution in [-0.2, 0) is 18.9 Å². The van der Waals surface area contributed by atoms with E-state index in [2.05, 4.69) is 0 Å². The lowest BCUT2D eigenvalue weighted by Crippen LogP contribution is -2.48. The van der Waals surface area contributed by atoms with Crippen LogP contribution in [0.25, 0.3) is 0 Å². The average molecular weight is 601 g/mol. The van der Waals surface area contributed by atoms with Gasteiger partial charge in [0.25, 0.3) is 0 Å². The maximum absolute atomic E-state index is 12.3. The van der Waals surface area contributed by atoms with Crippen molar-refractivity contribution in [1.29, 1.82) is 0 Å². The number of hydrogen-bond acceptors (Lipinski definition) is 10. The van der Waals surface area contributed by atoms with Crippen molar-refractivity contribution < 1.29 is 48.3 Å². The number of rotatable bonds is 2. The van der Waals surface area contributed by atoms with Gasteiger partial charge in [-0.3, -0.25) is 0 Å². The molecule has 0 heterocycles. The van der Waals surface area contributed by atoms with Gasteiger partial charge in [-0.15, -0.1) is 0 Å². The lowest BCUT2D eigenvalue weighted by atomic mass is 10.2. The molecule has 0 bridgehead atoms. The van der Waals surface area contributed by atoms with E-state index in [-0.39, 0.29) is 12.5 Å². The van der Waals surface area contributed by atoms with Gasteiger partial charge in [-0.2, -0.15) is 0 Å². The molecule has 2 aliphatic carbocycles. The molecule has 0 spiro atoms. The van der Waals surface area contributed by atoms with Crippen molar-refractivity contribution in [3.63, 3.8) is 0 Å². The van der Waals surface area contributed by atoms with Crippen LogP contribution in [0.4, 0.5) is 19.2 Å². The molecule has 12 nitrogen and oxygen atoms in total. The zero-order valence-electron chi connectivity index (χ0n) is 27.3. The van der Waals surface area contributed by atoms with Crippen LogP contribution in [-0.4, -0.2) is 91.1 Å². The van der Waals surface area contributed by atoms with E-state index in [1.807, 2.05) is 0 Å². The third-order valence-corrected chi connectivity index (χ3v) is 5.47. The zero-order valence-corrected chi connectivity index (χ0v) is 27.3. The summed E-state index contributed by atoms with van der Waals surface area (Å²) >= 11 is 0. The molecule has 2 N–H and O–H groups in total. The molecule has 0 aromatic carbocycles. The summed E-state index contributed by atoms with van der Waals surface area (Å²) in [6.07, 6.45) is 0.700. The van der Waals surface area contributed by atoms with Crippen LogP contribution in [0.15, 0.2) is 12.2 Å². The Hall–Kier alpha value is -2.86. The first-order valence-electron chi connectivity index (χ1n) is 14.3. The fourth-order valence-electron chi connectivity index (χ4n) is 3.98. The second-order valence-corrected chi connectivity index (χ2v) is 14.5. The van der Waals surface area contributed by atoms with Gasteiger partial charge >= 0.3 is 24.4 Å². The Morgan fingerprint density at radius 2 is 0.929 bits per heavy atom. The number of ether oxygens (including phenoxy) is 4. The summed E-state index contributed by atoms with van der Waals surface area (Å²) < 4.78 is 21.1. The van der Waals surface area contributed by atoms with E-state index in [9.17, 15) is 29.4 Å². The summed E-state index contributed by atoms with van der Waals surface area (Å²) in [5.74, 6) is 0. The summed E-state index contributed by atoms with van der Waals surface area (Å²) in [5, 5.41) is 19.2. The van der Waals surface area contributed by atoms with E-state index in [0.717, 1.165) is 9.80 Å². The van der Waals surface area contributed by atoms with E-state index in [0.29, 0.717) is 19.3 Å². The third-order valence-electron chi connectivity index (χ3n) is 5.47. The van der Waals surface area contributed by atoms with Crippen LogP contribution in [0.3, 0.4) is 0 Å². The second kappa shape index (κ2) is 14.1. The quantitative estimate of drug-likeness (QED) is 0.288. The highest BCUT2D eigenvalue weighted by atomic mass is 16.6. The van der Waals surface area contributed by atoms with Gasteiger partial charge in [0, 0.05) is 12.5 Å². The minimum Gasteiger partial charge on any atom is -0.443 e. The van der Waals surface area contributed by atoms with Crippen LogP contribution in [0.5, 0.6) is 0 Å². The molecule has 1 saturated carbocycles. The molecular formula is C30H52N2O10. The first kappa shape index (κ1) is 37.2. The van der Waals surface area contributed by atoms with Gasteiger partial charge in [0.1, 0.15) is 22.4 Å². The van der Waals surface area contributed by atoms with Crippen molar-refractivity contribution in [1.82, 2.24) is 9.80 Å². The third kappa shape index (κ3) is 13.9. The maximum Gasteiger partial charge on any atom is 0.420 e. The monoisotopic (exact) mass is 600 g/mol. The number of hydrogen-bond donors (Lipinski definition) is 2. The molecule has 0 saturated heterocycles. The van der Waals surface area contributed by atoms with Gasteiger partial charge in [0.05, 0.1) is 18.2 Å². The van der Waals surface area contributed by atoms with Crippen molar-refractivity contribution in [3.8, 4) is 0 Å². The molecule has 242 valence electrons. The number of carbonyl (C=O) groups excluding carboxylic acids is 4. The summed E-state index contributed by atoms with van der Waals surface area (Å²) in [4.78, 5) is 51.1. The predicted molar refractivity (Wildman–Crippen MR) is 156 cm³/mol. The number of aliphatic hydroxyl groups excluding tert-OH is 2. The Balaban J connectivity index is 0.000000420. The Morgan fingerprint density at radius 3 is 1.19 bits per heavy atom. The molecule has 12 heteroatoms. The molecule has 0 aliphatic heterocycles. The maximum atomic E-state index is 12.3. The molecule has 2 aliphatic rings. The van der Waals surface area contributed by atoms with Crippen LogP contribution < -0.4 is 0 Å². The normalized spacial score (nSPS) is 22.4. The largest absolute Gasteiger partial charge is 0.443 e. The minimum absolute atomic E-state index is 0.248. The van der Waals surface area contributed by atoms with E-state index in [1.165, 1.54) is 0 Å². The zero-order chi connectivity index (χ0) is 32.8. The summed E-state index contributed by atoms with van der Waals surface area (Å²) in [5.41, 5.74) is -2.85. The molecule has 0 aromatic rings. The van der Waals surface area contributed by atoms with Crippen molar-refractivity contribution in [2.75, 3.05) is 0 Å². The van der Waals surface area contributed by atoms with Gasteiger partial charge in [0.15, 0.2) is 0 Å². The van der Waals surface area contributed by atoms with Crippen LogP contribution in [0.2, 0.25) is 0 Å². The van der Waals surface area contributed by atoms with E-state index in [1.54, 1.807) is 95.2 Å². The van der Waals surface area contributed by atoms with Crippen molar-refractivity contribution >= 4 is 24.4 Å². The second-order valence-electron chi connectivity index (χ2n) is 14.5. The SMILES string of the molecule is CC(C)(C)OC(=O)N(C(=O)OC(C)(C)C)[C@H]1C=C[C@@H](O)C1.CC(C)(C)OC(=O)N(C(=O)OC(C)(C)C)[C@H]1CC[C@@H](O)C1. The van der Waals surface area contributed by atoms with Gasteiger partial charge in [-0.05, 0) is 102 Å². The molecule has 0 radical (unpaired) electrons. The van der Waals surface area contributed by atoms with Gasteiger partial charge in [0.2, 0.25) is 0 Å². The fourth-order valence-corrected chi connectivity index (χ4v) is 3.98. The Bertz CT molecular complexity index is 926. The Morgan fingerprint density at radius 1 is 0.571 bits per heavy atom. The molecule has 42 heavy (non-hydrogen) atoms. The van der Waals surface area contributed by atoms with Crippen molar-refractivity contribution in [2.24, 2.45) is 0 Å². The highest BCUT2D eigenvalue weighted by molar-refractivity contribution is 5.89. The lowest BCUT2D eigenvalue weighted by Gasteiger charge is -2.31. The number of carbonyl (C=O) groups is 4. The molecule has 1 fully saturated rings. The van der Waals surface area contributed by atoms with E-state index < -0.39 is 65.0 Å². The van der Waals surface area contributed by atoms with Gasteiger partial charge < -0.3 is 29.2 Å².